The molecule has 0 bridgehead atoms. The fourth-order valence-corrected chi connectivity index (χ4v) is 2.80. The predicted octanol–water partition coefficient (Wildman–Crippen LogP) is 3.74. The average molecular weight is 346 g/mol. The molecule has 3 rings (SSSR count). The van der Waals surface area contributed by atoms with Gasteiger partial charge in [0.1, 0.15) is 11.6 Å². The van der Waals surface area contributed by atoms with Crippen molar-refractivity contribution >= 4 is 17.3 Å². The Kier molecular flexibility index (Phi) is 5.60. The maximum atomic E-state index is 14.2. The number of carbonyl (C=O) groups excluding carboxylic acids is 1. The molecule has 1 atom stereocenters. The first-order chi connectivity index (χ1) is 12.1. The number of carbonyl (C=O) groups is 1. The molecular formula is C19H20F2N2O2. The molecule has 1 fully saturated rings. The minimum absolute atomic E-state index is 0.0262. The fourth-order valence-electron chi connectivity index (χ4n) is 2.80. The van der Waals surface area contributed by atoms with Crippen LogP contribution in [-0.2, 0) is 16.0 Å². The van der Waals surface area contributed by atoms with E-state index in [4.69, 9.17) is 4.74 Å². The van der Waals surface area contributed by atoms with Gasteiger partial charge in [-0.25, -0.2) is 8.78 Å². The quantitative estimate of drug-likeness (QED) is 0.838. The van der Waals surface area contributed by atoms with Crippen LogP contribution in [0.25, 0.3) is 0 Å². The van der Waals surface area contributed by atoms with E-state index in [2.05, 4.69) is 10.6 Å². The summed E-state index contributed by atoms with van der Waals surface area (Å²) < 4.78 is 32.8. The van der Waals surface area contributed by atoms with E-state index in [9.17, 15) is 13.6 Å². The molecule has 1 heterocycles. The van der Waals surface area contributed by atoms with Crippen molar-refractivity contribution in [2.45, 2.75) is 25.4 Å². The van der Waals surface area contributed by atoms with Gasteiger partial charge < -0.3 is 15.4 Å². The Morgan fingerprint density at radius 1 is 1.20 bits per heavy atom. The van der Waals surface area contributed by atoms with Crippen LogP contribution in [0.5, 0.6) is 0 Å². The second kappa shape index (κ2) is 8.07. The van der Waals surface area contributed by atoms with Gasteiger partial charge in [0.05, 0.1) is 18.2 Å². The van der Waals surface area contributed by atoms with Gasteiger partial charge in [0, 0.05) is 18.8 Å². The third kappa shape index (κ3) is 5.00. The third-order valence-corrected chi connectivity index (χ3v) is 4.05. The molecule has 2 aromatic carbocycles. The van der Waals surface area contributed by atoms with Gasteiger partial charge in [-0.05, 0) is 48.7 Å². The summed E-state index contributed by atoms with van der Waals surface area (Å²) >= 11 is 0. The first-order valence-corrected chi connectivity index (χ1v) is 8.29. The van der Waals surface area contributed by atoms with Crippen LogP contribution in [0.15, 0.2) is 42.5 Å². The SMILES string of the molecule is O=C(Cc1cccc(F)c1)Nc1ccc(NCC2CCCO2)c(F)c1. The smallest absolute Gasteiger partial charge is 0.228 e. The van der Waals surface area contributed by atoms with Crippen molar-refractivity contribution in [3.05, 3.63) is 59.7 Å². The van der Waals surface area contributed by atoms with Gasteiger partial charge in [-0.15, -0.1) is 0 Å². The van der Waals surface area contributed by atoms with E-state index in [1.165, 1.54) is 18.2 Å². The Labute approximate surface area is 145 Å². The third-order valence-electron chi connectivity index (χ3n) is 4.05. The number of halogens is 2. The maximum absolute atomic E-state index is 14.2. The van der Waals surface area contributed by atoms with Gasteiger partial charge in [-0.1, -0.05) is 12.1 Å². The lowest BCUT2D eigenvalue weighted by molar-refractivity contribution is -0.115. The van der Waals surface area contributed by atoms with Gasteiger partial charge in [0.25, 0.3) is 0 Å². The van der Waals surface area contributed by atoms with Crippen LogP contribution < -0.4 is 10.6 Å². The number of amides is 1. The lowest BCUT2D eigenvalue weighted by atomic mass is 10.1. The molecule has 1 aliphatic rings. The van der Waals surface area contributed by atoms with Crippen LogP contribution in [0, 0.1) is 11.6 Å². The molecule has 1 aliphatic heterocycles. The molecule has 1 saturated heterocycles. The largest absolute Gasteiger partial charge is 0.380 e. The topological polar surface area (TPSA) is 50.4 Å². The number of ether oxygens (including phenoxy) is 1. The summed E-state index contributed by atoms with van der Waals surface area (Å²) in [6, 6.07) is 10.3. The zero-order chi connectivity index (χ0) is 17.6. The van der Waals surface area contributed by atoms with Crippen molar-refractivity contribution in [3.63, 3.8) is 0 Å². The van der Waals surface area contributed by atoms with Crippen molar-refractivity contribution in [1.29, 1.82) is 0 Å². The number of hydrogen-bond donors (Lipinski definition) is 2. The van der Waals surface area contributed by atoms with Crippen molar-refractivity contribution in [2.75, 3.05) is 23.8 Å². The Balaban J connectivity index is 1.55. The van der Waals surface area contributed by atoms with Crippen LogP contribution in [0.1, 0.15) is 18.4 Å². The van der Waals surface area contributed by atoms with Crippen molar-refractivity contribution in [2.24, 2.45) is 0 Å². The summed E-state index contributed by atoms with van der Waals surface area (Å²) in [5.74, 6) is -1.16. The first-order valence-electron chi connectivity index (χ1n) is 8.29. The second-order valence-electron chi connectivity index (χ2n) is 6.07. The van der Waals surface area contributed by atoms with Gasteiger partial charge in [0.2, 0.25) is 5.91 Å². The molecule has 1 amide bonds. The van der Waals surface area contributed by atoms with E-state index in [1.807, 2.05) is 0 Å². The van der Waals surface area contributed by atoms with Gasteiger partial charge in [-0.3, -0.25) is 4.79 Å². The Morgan fingerprint density at radius 3 is 2.80 bits per heavy atom. The zero-order valence-electron chi connectivity index (χ0n) is 13.7. The number of hydrogen-bond acceptors (Lipinski definition) is 3. The van der Waals surface area contributed by atoms with Crippen LogP contribution >= 0.6 is 0 Å². The lowest BCUT2D eigenvalue weighted by Crippen LogP contribution is -2.19. The Morgan fingerprint density at radius 2 is 2.08 bits per heavy atom. The molecule has 6 heteroatoms. The molecular weight excluding hydrogens is 326 g/mol. The highest BCUT2D eigenvalue weighted by atomic mass is 19.1. The second-order valence-corrected chi connectivity index (χ2v) is 6.07. The molecule has 0 radical (unpaired) electrons. The van der Waals surface area contributed by atoms with Crippen molar-refractivity contribution in [3.8, 4) is 0 Å². The number of anilines is 2. The molecule has 1 unspecified atom stereocenters. The molecule has 2 aromatic rings. The van der Waals surface area contributed by atoms with Gasteiger partial charge >= 0.3 is 0 Å². The average Bonchev–Trinajstić information content (AvgIpc) is 3.07. The van der Waals surface area contributed by atoms with Crippen molar-refractivity contribution in [1.82, 2.24) is 0 Å². The van der Waals surface area contributed by atoms with Gasteiger partial charge in [0.15, 0.2) is 0 Å². The van der Waals surface area contributed by atoms with E-state index in [1.54, 1.807) is 24.3 Å². The summed E-state index contributed by atoms with van der Waals surface area (Å²) in [7, 11) is 0. The summed E-state index contributed by atoms with van der Waals surface area (Å²) in [6.45, 7) is 1.31. The first kappa shape index (κ1) is 17.4. The highest BCUT2D eigenvalue weighted by Crippen LogP contribution is 2.20. The molecule has 4 nitrogen and oxygen atoms in total. The minimum atomic E-state index is -0.443. The van der Waals surface area contributed by atoms with Crippen LogP contribution in [0.2, 0.25) is 0 Å². The van der Waals surface area contributed by atoms with E-state index in [0.717, 1.165) is 19.4 Å². The Bertz CT molecular complexity index is 746. The molecule has 25 heavy (non-hydrogen) atoms. The normalized spacial score (nSPS) is 16.6. The summed E-state index contributed by atoms with van der Waals surface area (Å²) in [4.78, 5) is 12.0. The Hall–Kier alpha value is -2.47. The standard InChI is InChI=1S/C19H20F2N2O2/c20-14-4-1-3-13(9-14)10-19(24)23-15-6-7-18(17(21)11-15)22-12-16-5-2-8-25-16/h1,3-4,6-7,9,11,16,22H,2,5,8,10,12H2,(H,23,24). The summed E-state index contributed by atoms with van der Waals surface area (Å²) in [6.07, 6.45) is 2.15. The van der Waals surface area contributed by atoms with Crippen LogP contribution in [0.3, 0.4) is 0 Å². The fraction of sp³-hybridized carbons (Fsp3) is 0.316. The molecule has 0 aromatic heterocycles. The molecule has 0 spiro atoms. The number of rotatable bonds is 6. The van der Waals surface area contributed by atoms with Gasteiger partial charge in [-0.2, -0.15) is 0 Å². The highest BCUT2D eigenvalue weighted by molar-refractivity contribution is 5.92. The molecule has 0 aliphatic carbocycles. The summed E-state index contributed by atoms with van der Waals surface area (Å²) in [5, 5.41) is 5.65. The van der Waals surface area contributed by atoms with E-state index in [-0.39, 0.29) is 18.4 Å². The summed E-state index contributed by atoms with van der Waals surface area (Å²) in [5.41, 5.74) is 1.30. The van der Waals surface area contributed by atoms with Crippen LogP contribution in [-0.4, -0.2) is 25.2 Å². The number of nitrogens with one attached hydrogen (secondary N) is 2. The van der Waals surface area contributed by atoms with E-state index < -0.39 is 11.6 Å². The van der Waals surface area contributed by atoms with E-state index >= 15 is 0 Å². The lowest BCUT2D eigenvalue weighted by Gasteiger charge is -2.13. The minimum Gasteiger partial charge on any atom is -0.380 e. The highest BCUT2D eigenvalue weighted by Gasteiger charge is 2.15. The zero-order valence-corrected chi connectivity index (χ0v) is 13.7. The monoisotopic (exact) mass is 346 g/mol. The molecule has 132 valence electrons. The van der Waals surface area contributed by atoms with Crippen LogP contribution in [0.4, 0.5) is 20.2 Å². The number of benzene rings is 2. The van der Waals surface area contributed by atoms with Crippen molar-refractivity contribution < 1.29 is 18.3 Å². The molecule has 0 saturated carbocycles. The van der Waals surface area contributed by atoms with E-state index in [0.29, 0.717) is 23.5 Å². The maximum Gasteiger partial charge on any atom is 0.228 e. The predicted molar refractivity (Wildman–Crippen MR) is 92.6 cm³/mol. The molecule has 2 N–H and O–H groups in total.